The van der Waals surface area contributed by atoms with Crippen molar-refractivity contribution in [3.05, 3.63) is 0 Å². The molecule has 0 aromatic heterocycles. The smallest absolute Gasteiger partial charge is 0.220 e. The molecule has 2 aliphatic heterocycles. The zero-order chi connectivity index (χ0) is 13.0. The maximum absolute atomic E-state index is 11.2. The highest BCUT2D eigenvalue weighted by Gasteiger charge is 2.26. The average molecular weight is 253 g/mol. The Balaban J connectivity index is 1.71. The lowest BCUT2D eigenvalue weighted by Crippen LogP contribution is -2.45. The fourth-order valence-corrected chi connectivity index (χ4v) is 3.01. The fraction of sp³-hybridized carbons (Fsp3) is 0.929. The molecule has 4 nitrogen and oxygen atoms in total. The number of carbonyl (C=O) groups excluding carboxylic acids is 1. The molecule has 2 unspecified atom stereocenters. The number of carbonyl (C=O) groups is 1. The van der Waals surface area contributed by atoms with Gasteiger partial charge in [0.15, 0.2) is 0 Å². The van der Waals surface area contributed by atoms with E-state index in [1.807, 2.05) is 0 Å². The Morgan fingerprint density at radius 1 is 1.44 bits per heavy atom. The Kier molecular flexibility index (Phi) is 5.01. The summed E-state index contributed by atoms with van der Waals surface area (Å²) in [6, 6.07) is 0.976. The summed E-state index contributed by atoms with van der Waals surface area (Å²) in [6.45, 7) is 8.97. The van der Waals surface area contributed by atoms with Gasteiger partial charge in [0.05, 0.1) is 0 Å². The van der Waals surface area contributed by atoms with E-state index in [0.29, 0.717) is 12.1 Å². The summed E-state index contributed by atoms with van der Waals surface area (Å²) in [6.07, 6.45) is 4.37. The second kappa shape index (κ2) is 6.53. The maximum atomic E-state index is 11.2. The number of likely N-dealkylation sites (tertiary alicyclic amines) is 1. The first kappa shape index (κ1) is 13.8. The molecule has 2 N–H and O–H groups in total. The van der Waals surface area contributed by atoms with E-state index in [0.717, 1.165) is 31.8 Å². The first-order valence-electron chi connectivity index (χ1n) is 7.38. The first-order valence-corrected chi connectivity index (χ1v) is 7.38. The average Bonchev–Trinajstić information content (AvgIpc) is 2.73. The van der Waals surface area contributed by atoms with Crippen LogP contribution in [-0.4, -0.2) is 49.1 Å². The van der Waals surface area contributed by atoms with Crippen molar-refractivity contribution in [3.8, 4) is 0 Å². The van der Waals surface area contributed by atoms with E-state index in [4.69, 9.17) is 0 Å². The number of nitrogens with one attached hydrogen (secondary N) is 2. The summed E-state index contributed by atoms with van der Waals surface area (Å²) in [5.41, 5.74) is 0. The predicted octanol–water partition coefficient (Wildman–Crippen LogP) is 0.975. The molecule has 1 amide bonds. The van der Waals surface area contributed by atoms with Crippen molar-refractivity contribution in [1.29, 1.82) is 0 Å². The third-order valence-corrected chi connectivity index (χ3v) is 3.98. The molecule has 0 aromatic rings. The highest BCUT2D eigenvalue weighted by molar-refractivity contribution is 5.78. The molecule has 18 heavy (non-hydrogen) atoms. The van der Waals surface area contributed by atoms with Crippen LogP contribution in [0.25, 0.3) is 0 Å². The normalized spacial score (nSPS) is 29.8. The topological polar surface area (TPSA) is 44.4 Å². The summed E-state index contributed by atoms with van der Waals surface area (Å²) in [4.78, 5) is 13.7. The first-order chi connectivity index (χ1) is 8.63. The van der Waals surface area contributed by atoms with Gasteiger partial charge in [0.2, 0.25) is 5.91 Å². The molecule has 104 valence electrons. The minimum Gasteiger partial charge on any atom is -0.352 e. The third-order valence-electron chi connectivity index (χ3n) is 3.98. The Bertz CT molecular complexity index is 280. The summed E-state index contributed by atoms with van der Waals surface area (Å²) in [7, 11) is 0. The standard InChI is InChI=1S/C14H27N3O/c1-11(2)15-8-12-4-3-7-17(9-12)10-13-5-6-14(18)16-13/h11-13,15H,3-10H2,1-2H3,(H,16,18). The molecule has 0 radical (unpaired) electrons. The lowest BCUT2D eigenvalue weighted by Gasteiger charge is -2.34. The minimum atomic E-state index is 0.232. The van der Waals surface area contributed by atoms with Gasteiger partial charge in [0, 0.05) is 31.6 Å². The Hall–Kier alpha value is -0.610. The van der Waals surface area contributed by atoms with Crippen molar-refractivity contribution in [1.82, 2.24) is 15.5 Å². The zero-order valence-electron chi connectivity index (χ0n) is 11.7. The van der Waals surface area contributed by atoms with Gasteiger partial charge in [-0.05, 0) is 38.3 Å². The number of hydrogen-bond acceptors (Lipinski definition) is 3. The highest BCUT2D eigenvalue weighted by atomic mass is 16.1. The van der Waals surface area contributed by atoms with E-state index in [-0.39, 0.29) is 5.91 Å². The van der Waals surface area contributed by atoms with Crippen molar-refractivity contribution >= 4 is 5.91 Å². The SMILES string of the molecule is CC(C)NCC1CCCN(CC2CCC(=O)N2)C1. The molecule has 4 heteroatoms. The molecule has 2 fully saturated rings. The molecule has 2 rings (SSSR count). The molecule has 0 spiro atoms. The van der Waals surface area contributed by atoms with E-state index in [9.17, 15) is 4.79 Å². The zero-order valence-corrected chi connectivity index (χ0v) is 11.7. The van der Waals surface area contributed by atoms with Crippen molar-refractivity contribution in [2.24, 2.45) is 5.92 Å². The van der Waals surface area contributed by atoms with Crippen LogP contribution in [0.15, 0.2) is 0 Å². The summed E-state index contributed by atoms with van der Waals surface area (Å²) >= 11 is 0. The minimum absolute atomic E-state index is 0.232. The third kappa shape index (κ3) is 4.25. The van der Waals surface area contributed by atoms with Gasteiger partial charge in [-0.15, -0.1) is 0 Å². The lowest BCUT2D eigenvalue weighted by molar-refractivity contribution is -0.119. The van der Waals surface area contributed by atoms with Crippen molar-refractivity contribution in [2.75, 3.05) is 26.2 Å². The monoisotopic (exact) mass is 253 g/mol. The predicted molar refractivity (Wildman–Crippen MR) is 73.5 cm³/mol. The van der Waals surface area contributed by atoms with Crippen molar-refractivity contribution in [2.45, 2.75) is 51.6 Å². The second-order valence-corrected chi connectivity index (χ2v) is 6.13. The van der Waals surface area contributed by atoms with Crippen LogP contribution in [0.2, 0.25) is 0 Å². The Labute approximate surface area is 110 Å². The molecule has 2 atom stereocenters. The van der Waals surface area contributed by atoms with Gasteiger partial charge in [-0.3, -0.25) is 4.79 Å². The van der Waals surface area contributed by atoms with Gasteiger partial charge in [-0.2, -0.15) is 0 Å². The fourth-order valence-electron chi connectivity index (χ4n) is 3.01. The second-order valence-electron chi connectivity index (χ2n) is 6.13. The number of piperidine rings is 1. The molecule has 0 saturated carbocycles. The summed E-state index contributed by atoms with van der Waals surface area (Å²) in [5, 5.41) is 6.61. The Morgan fingerprint density at radius 2 is 2.28 bits per heavy atom. The summed E-state index contributed by atoms with van der Waals surface area (Å²) < 4.78 is 0. The molecular formula is C14H27N3O. The largest absolute Gasteiger partial charge is 0.352 e. The molecule has 0 aromatic carbocycles. The van der Waals surface area contributed by atoms with E-state index in [2.05, 4.69) is 29.4 Å². The van der Waals surface area contributed by atoms with Crippen LogP contribution in [0.4, 0.5) is 0 Å². The number of hydrogen-bond donors (Lipinski definition) is 2. The summed E-state index contributed by atoms with van der Waals surface area (Å²) in [5.74, 6) is 1.01. The van der Waals surface area contributed by atoms with Crippen LogP contribution in [0.1, 0.15) is 39.5 Å². The van der Waals surface area contributed by atoms with Crippen molar-refractivity contribution < 1.29 is 4.79 Å². The maximum Gasteiger partial charge on any atom is 0.220 e. The molecule has 2 heterocycles. The van der Waals surface area contributed by atoms with Crippen LogP contribution in [0, 0.1) is 5.92 Å². The molecule has 0 aliphatic carbocycles. The van der Waals surface area contributed by atoms with Gasteiger partial charge in [0.25, 0.3) is 0 Å². The van der Waals surface area contributed by atoms with Gasteiger partial charge < -0.3 is 15.5 Å². The van der Waals surface area contributed by atoms with Gasteiger partial charge in [0.1, 0.15) is 0 Å². The van der Waals surface area contributed by atoms with Crippen LogP contribution in [0.3, 0.4) is 0 Å². The number of amides is 1. The lowest BCUT2D eigenvalue weighted by atomic mass is 9.97. The molecule has 0 bridgehead atoms. The Morgan fingerprint density at radius 3 is 2.94 bits per heavy atom. The number of nitrogens with zero attached hydrogens (tertiary/aromatic N) is 1. The van der Waals surface area contributed by atoms with E-state index < -0.39 is 0 Å². The van der Waals surface area contributed by atoms with Crippen LogP contribution >= 0.6 is 0 Å². The molecular weight excluding hydrogens is 226 g/mol. The van der Waals surface area contributed by atoms with Crippen molar-refractivity contribution in [3.63, 3.8) is 0 Å². The quantitative estimate of drug-likeness (QED) is 0.767. The van der Waals surface area contributed by atoms with Gasteiger partial charge >= 0.3 is 0 Å². The highest BCUT2D eigenvalue weighted by Crippen LogP contribution is 2.18. The van der Waals surface area contributed by atoms with Crippen LogP contribution in [-0.2, 0) is 4.79 Å². The molecule has 2 aliphatic rings. The molecule has 2 saturated heterocycles. The number of rotatable bonds is 5. The van der Waals surface area contributed by atoms with Crippen LogP contribution in [0.5, 0.6) is 0 Å². The van der Waals surface area contributed by atoms with Crippen LogP contribution < -0.4 is 10.6 Å². The van der Waals surface area contributed by atoms with Gasteiger partial charge in [-0.1, -0.05) is 13.8 Å². The van der Waals surface area contributed by atoms with E-state index in [1.54, 1.807) is 0 Å². The van der Waals surface area contributed by atoms with E-state index >= 15 is 0 Å². The van der Waals surface area contributed by atoms with Gasteiger partial charge in [-0.25, -0.2) is 0 Å². The van der Waals surface area contributed by atoms with E-state index in [1.165, 1.54) is 25.9 Å².